The van der Waals surface area contributed by atoms with E-state index < -0.39 is 0 Å². The Kier molecular flexibility index (Phi) is 4.53. The van der Waals surface area contributed by atoms with Crippen molar-refractivity contribution in [2.45, 2.75) is 20.4 Å². The molecule has 100 valence electrons. The van der Waals surface area contributed by atoms with E-state index in [0.29, 0.717) is 12.5 Å². The lowest BCUT2D eigenvalue weighted by Crippen LogP contribution is -2.24. The van der Waals surface area contributed by atoms with E-state index in [4.69, 9.17) is 0 Å². The monoisotopic (exact) mass is 256 g/mol. The van der Waals surface area contributed by atoms with Crippen molar-refractivity contribution in [2.75, 3.05) is 6.54 Å². The van der Waals surface area contributed by atoms with Crippen LogP contribution in [-0.2, 0) is 6.54 Å². The van der Waals surface area contributed by atoms with Crippen molar-refractivity contribution < 1.29 is 0 Å². The molecule has 1 aromatic carbocycles. The van der Waals surface area contributed by atoms with E-state index in [1.54, 1.807) is 0 Å². The average molecular weight is 256 g/mol. The molecular formula is C16H20N2O. The molecule has 2 aromatic rings. The highest BCUT2D eigenvalue weighted by atomic mass is 16.1. The van der Waals surface area contributed by atoms with E-state index in [9.17, 15) is 4.79 Å². The minimum Gasteiger partial charge on any atom is -0.322 e. The Balaban J connectivity index is 2.12. The average Bonchev–Trinajstić information content (AvgIpc) is 2.41. The molecule has 0 atom stereocenters. The SMILES string of the molecule is CC(C)CNCc1ccc(-c2ccccc2)[nH]c1=O. The van der Waals surface area contributed by atoms with Gasteiger partial charge in [0.2, 0.25) is 0 Å². The van der Waals surface area contributed by atoms with E-state index in [0.717, 1.165) is 23.4 Å². The standard InChI is InChI=1S/C16H20N2O/c1-12(2)10-17-11-14-8-9-15(18-16(14)19)13-6-4-3-5-7-13/h3-9,12,17H,10-11H2,1-2H3,(H,18,19). The summed E-state index contributed by atoms with van der Waals surface area (Å²) in [5, 5.41) is 3.28. The van der Waals surface area contributed by atoms with Crippen molar-refractivity contribution in [2.24, 2.45) is 5.92 Å². The molecular weight excluding hydrogens is 236 g/mol. The Labute approximate surface area is 113 Å². The lowest BCUT2D eigenvalue weighted by molar-refractivity contribution is 0.551. The van der Waals surface area contributed by atoms with Crippen LogP contribution < -0.4 is 10.9 Å². The largest absolute Gasteiger partial charge is 0.322 e. The molecule has 1 aromatic heterocycles. The number of aromatic amines is 1. The molecule has 0 bridgehead atoms. The van der Waals surface area contributed by atoms with Crippen molar-refractivity contribution in [3.05, 3.63) is 58.4 Å². The van der Waals surface area contributed by atoms with Gasteiger partial charge >= 0.3 is 0 Å². The molecule has 0 radical (unpaired) electrons. The Morgan fingerprint density at radius 1 is 1.11 bits per heavy atom. The summed E-state index contributed by atoms with van der Waals surface area (Å²) in [6.45, 7) is 5.83. The third kappa shape index (κ3) is 3.80. The van der Waals surface area contributed by atoms with Gasteiger partial charge in [-0.2, -0.15) is 0 Å². The fourth-order valence-corrected chi connectivity index (χ4v) is 1.92. The summed E-state index contributed by atoms with van der Waals surface area (Å²) in [6, 6.07) is 13.7. The van der Waals surface area contributed by atoms with Gasteiger partial charge in [-0.05, 0) is 24.1 Å². The van der Waals surface area contributed by atoms with E-state index >= 15 is 0 Å². The normalized spacial score (nSPS) is 10.9. The summed E-state index contributed by atoms with van der Waals surface area (Å²) in [6.07, 6.45) is 0. The molecule has 0 spiro atoms. The second-order valence-electron chi connectivity index (χ2n) is 5.12. The molecule has 0 saturated heterocycles. The van der Waals surface area contributed by atoms with E-state index in [2.05, 4.69) is 24.1 Å². The number of aromatic nitrogens is 1. The molecule has 3 heteroatoms. The third-order valence-electron chi connectivity index (χ3n) is 2.94. The fraction of sp³-hybridized carbons (Fsp3) is 0.312. The summed E-state index contributed by atoms with van der Waals surface area (Å²) >= 11 is 0. The van der Waals surface area contributed by atoms with Gasteiger partial charge in [0.05, 0.1) is 0 Å². The second kappa shape index (κ2) is 6.34. The quantitative estimate of drug-likeness (QED) is 0.864. The van der Waals surface area contributed by atoms with Gasteiger partial charge in [-0.1, -0.05) is 50.2 Å². The van der Waals surface area contributed by atoms with Crippen LogP contribution in [0.1, 0.15) is 19.4 Å². The summed E-state index contributed by atoms with van der Waals surface area (Å²) in [5.74, 6) is 0.586. The second-order valence-corrected chi connectivity index (χ2v) is 5.12. The third-order valence-corrected chi connectivity index (χ3v) is 2.94. The topological polar surface area (TPSA) is 44.9 Å². The minimum absolute atomic E-state index is 0.0161. The van der Waals surface area contributed by atoms with Gasteiger partial charge in [0.25, 0.3) is 5.56 Å². The Hall–Kier alpha value is -1.87. The number of hydrogen-bond donors (Lipinski definition) is 2. The number of hydrogen-bond acceptors (Lipinski definition) is 2. The van der Waals surface area contributed by atoms with Crippen LogP contribution in [0.15, 0.2) is 47.3 Å². The first kappa shape index (κ1) is 13.6. The van der Waals surface area contributed by atoms with Crippen molar-refractivity contribution >= 4 is 0 Å². The van der Waals surface area contributed by atoms with Crippen LogP contribution in [-0.4, -0.2) is 11.5 Å². The first-order valence-electron chi connectivity index (χ1n) is 6.65. The number of pyridine rings is 1. The zero-order valence-corrected chi connectivity index (χ0v) is 11.4. The van der Waals surface area contributed by atoms with Crippen molar-refractivity contribution in [3.63, 3.8) is 0 Å². The molecule has 3 nitrogen and oxygen atoms in total. The van der Waals surface area contributed by atoms with E-state index in [1.807, 2.05) is 42.5 Å². The molecule has 0 fully saturated rings. The Morgan fingerprint density at radius 3 is 2.47 bits per heavy atom. The molecule has 0 aliphatic rings. The number of nitrogens with one attached hydrogen (secondary N) is 2. The van der Waals surface area contributed by atoms with Crippen LogP contribution in [0.4, 0.5) is 0 Å². The summed E-state index contributed by atoms with van der Waals surface area (Å²) in [7, 11) is 0. The highest BCUT2D eigenvalue weighted by molar-refractivity contribution is 5.58. The highest BCUT2D eigenvalue weighted by Crippen LogP contribution is 2.14. The highest BCUT2D eigenvalue weighted by Gasteiger charge is 2.03. The van der Waals surface area contributed by atoms with Gasteiger partial charge in [0.1, 0.15) is 0 Å². The van der Waals surface area contributed by atoms with E-state index in [-0.39, 0.29) is 5.56 Å². The van der Waals surface area contributed by atoms with Gasteiger partial charge in [0, 0.05) is 17.8 Å². The summed E-state index contributed by atoms with van der Waals surface area (Å²) < 4.78 is 0. The zero-order chi connectivity index (χ0) is 13.7. The Bertz CT molecular complexity index is 573. The molecule has 0 amide bonds. The van der Waals surface area contributed by atoms with E-state index in [1.165, 1.54) is 0 Å². The van der Waals surface area contributed by atoms with Gasteiger partial charge in [-0.3, -0.25) is 4.79 Å². The maximum atomic E-state index is 12.0. The van der Waals surface area contributed by atoms with Crippen LogP contribution in [0.2, 0.25) is 0 Å². The minimum atomic E-state index is -0.0161. The van der Waals surface area contributed by atoms with Gasteiger partial charge < -0.3 is 10.3 Å². The van der Waals surface area contributed by atoms with Crippen LogP contribution in [0.5, 0.6) is 0 Å². The summed E-state index contributed by atoms with van der Waals surface area (Å²) in [5.41, 5.74) is 2.65. The van der Waals surface area contributed by atoms with Crippen molar-refractivity contribution in [1.82, 2.24) is 10.3 Å². The van der Waals surface area contributed by atoms with Crippen LogP contribution in [0.25, 0.3) is 11.3 Å². The molecule has 19 heavy (non-hydrogen) atoms. The fourth-order valence-electron chi connectivity index (χ4n) is 1.92. The van der Waals surface area contributed by atoms with Crippen LogP contribution >= 0.6 is 0 Å². The maximum Gasteiger partial charge on any atom is 0.252 e. The smallest absolute Gasteiger partial charge is 0.252 e. The zero-order valence-electron chi connectivity index (χ0n) is 11.4. The molecule has 2 rings (SSSR count). The number of rotatable bonds is 5. The summed E-state index contributed by atoms with van der Waals surface area (Å²) in [4.78, 5) is 14.9. The van der Waals surface area contributed by atoms with Crippen molar-refractivity contribution in [3.8, 4) is 11.3 Å². The predicted octanol–water partition coefficient (Wildman–Crippen LogP) is 2.79. The lowest BCUT2D eigenvalue weighted by Gasteiger charge is -2.07. The molecule has 0 unspecified atom stereocenters. The molecule has 0 saturated carbocycles. The first-order chi connectivity index (χ1) is 9.16. The van der Waals surface area contributed by atoms with Gasteiger partial charge in [-0.25, -0.2) is 0 Å². The predicted molar refractivity (Wildman–Crippen MR) is 79.0 cm³/mol. The van der Waals surface area contributed by atoms with Gasteiger partial charge in [-0.15, -0.1) is 0 Å². The Morgan fingerprint density at radius 2 is 1.84 bits per heavy atom. The lowest BCUT2D eigenvalue weighted by atomic mass is 10.1. The first-order valence-corrected chi connectivity index (χ1v) is 6.65. The van der Waals surface area contributed by atoms with Crippen LogP contribution in [0.3, 0.4) is 0 Å². The number of H-pyrrole nitrogens is 1. The molecule has 1 heterocycles. The maximum absolute atomic E-state index is 12.0. The van der Waals surface area contributed by atoms with Crippen LogP contribution in [0, 0.1) is 5.92 Å². The molecule has 2 N–H and O–H groups in total. The van der Waals surface area contributed by atoms with Crippen molar-refractivity contribution in [1.29, 1.82) is 0 Å². The number of benzene rings is 1. The van der Waals surface area contributed by atoms with Gasteiger partial charge in [0.15, 0.2) is 0 Å². The molecule has 0 aliphatic carbocycles. The molecule has 0 aliphatic heterocycles.